The zero-order valence-electron chi connectivity index (χ0n) is 38.3. The molecule has 0 N–H and O–H groups in total. The monoisotopic (exact) mass is 759 g/mol. The van der Waals surface area contributed by atoms with E-state index in [2.05, 4.69) is 96.4 Å². The van der Waals surface area contributed by atoms with Gasteiger partial charge in [-0.1, -0.05) is 261 Å². The van der Waals surface area contributed by atoms with Crippen molar-refractivity contribution in [3.05, 3.63) is 71.3 Å². The average Bonchev–Trinajstić information content (AvgIpc) is 3.19. The predicted octanol–water partition coefficient (Wildman–Crippen LogP) is 18.2. The fourth-order valence-electron chi connectivity index (χ4n) is 9.32. The first-order chi connectivity index (χ1) is 26.9. The quantitative estimate of drug-likeness (QED) is 0.0473. The fraction of sp³-hybridized carbons (Fsp3) is 0.778. The summed E-state index contributed by atoms with van der Waals surface area (Å²) in [4.78, 5) is 0. The van der Waals surface area contributed by atoms with Gasteiger partial charge in [-0.25, -0.2) is 0 Å². The molecule has 2 aromatic carbocycles. The minimum absolute atomic E-state index is 0.0151. The molecule has 55 heavy (non-hydrogen) atoms. The standard InChI is InChI=1S/C54H96N/c1-7-9-11-13-15-17-19-21-23-25-27-29-31-33-35-38-44-50-45-42-43-48-52(50)54(3,4)55(5,6)53(51-46-39-37-40-47-51)49-41-36-34-32-30-28-26-24-22-20-18-16-14-12-10-8-2/h37,39-40,42-43,45-48,53H,7-36,38,41,44,49H2,1-6H3/q+1. The van der Waals surface area contributed by atoms with Crippen molar-refractivity contribution in [3.8, 4) is 0 Å². The molecule has 0 heterocycles. The van der Waals surface area contributed by atoms with Crippen molar-refractivity contribution in [2.24, 2.45) is 0 Å². The summed E-state index contributed by atoms with van der Waals surface area (Å²) in [5.74, 6) is 0. The molecule has 0 amide bonds. The van der Waals surface area contributed by atoms with Crippen LogP contribution in [0.15, 0.2) is 54.6 Å². The third kappa shape index (κ3) is 21.7. The molecular weight excluding hydrogens is 663 g/mol. The van der Waals surface area contributed by atoms with Crippen LogP contribution in [0.2, 0.25) is 0 Å². The van der Waals surface area contributed by atoms with Gasteiger partial charge in [0.1, 0.15) is 11.6 Å². The Morgan fingerprint density at radius 3 is 1.13 bits per heavy atom. The minimum atomic E-state index is 0.0151. The molecule has 2 rings (SSSR count). The summed E-state index contributed by atoms with van der Waals surface area (Å²) < 4.78 is 0.992. The van der Waals surface area contributed by atoms with Gasteiger partial charge >= 0.3 is 0 Å². The van der Waals surface area contributed by atoms with E-state index >= 15 is 0 Å². The van der Waals surface area contributed by atoms with E-state index in [4.69, 9.17) is 0 Å². The lowest BCUT2D eigenvalue weighted by atomic mass is 9.82. The summed E-state index contributed by atoms with van der Waals surface area (Å²) in [6, 6.07) is 21.5. The van der Waals surface area contributed by atoms with E-state index in [0.29, 0.717) is 6.04 Å². The molecule has 0 saturated carbocycles. The van der Waals surface area contributed by atoms with Crippen LogP contribution >= 0.6 is 0 Å². The highest BCUT2D eigenvalue weighted by molar-refractivity contribution is 5.32. The molecule has 0 fully saturated rings. The lowest BCUT2D eigenvalue weighted by molar-refractivity contribution is -0.974. The summed E-state index contributed by atoms with van der Waals surface area (Å²) in [6.45, 7) is 9.68. The summed E-state index contributed by atoms with van der Waals surface area (Å²) >= 11 is 0. The molecule has 0 spiro atoms. The van der Waals surface area contributed by atoms with Gasteiger partial charge in [-0.05, 0) is 38.7 Å². The second-order valence-corrected chi connectivity index (χ2v) is 18.8. The van der Waals surface area contributed by atoms with E-state index < -0.39 is 0 Å². The number of hydrogen-bond acceptors (Lipinski definition) is 0. The van der Waals surface area contributed by atoms with Crippen LogP contribution in [-0.4, -0.2) is 18.6 Å². The Morgan fingerprint density at radius 2 is 0.727 bits per heavy atom. The van der Waals surface area contributed by atoms with E-state index in [1.807, 2.05) is 0 Å². The Kier molecular flexibility index (Phi) is 29.2. The van der Waals surface area contributed by atoms with E-state index in [9.17, 15) is 0 Å². The van der Waals surface area contributed by atoms with Gasteiger partial charge in [-0.3, -0.25) is 0 Å². The Morgan fingerprint density at radius 1 is 0.400 bits per heavy atom. The van der Waals surface area contributed by atoms with E-state index in [1.165, 1.54) is 224 Å². The molecule has 1 atom stereocenters. The number of quaternary nitrogens is 1. The van der Waals surface area contributed by atoms with Crippen LogP contribution in [0.3, 0.4) is 0 Å². The lowest BCUT2D eigenvalue weighted by Gasteiger charge is -2.51. The number of rotatable bonds is 38. The summed E-state index contributed by atoms with van der Waals surface area (Å²) in [6.07, 6.45) is 48.2. The van der Waals surface area contributed by atoms with Crippen LogP contribution in [0.1, 0.15) is 262 Å². The Bertz CT molecular complexity index is 1120. The third-order valence-corrected chi connectivity index (χ3v) is 13.7. The summed E-state index contributed by atoms with van der Waals surface area (Å²) in [5, 5.41) is 0. The first-order valence-electron chi connectivity index (χ1n) is 24.8. The Hall–Kier alpha value is -1.60. The van der Waals surface area contributed by atoms with E-state index in [-0.39, 0.29) is 5.54 Å². The van der Waals surface area contributed by atoms with Crippen molar-refractivity contribution in [1.82, 2.24) is 0 Å². The number of hydrogen-bond donors (Lipinski definition) is 0. The average molecular weight is 759 g/mol. The largest absolute Gasteiger partial charge is 0.314 e. The van der Waals surface area contributed by atoms with Crippen LogP contribution < -0.4 is 0 Å². The molecule has 0 aromatic heterocycles. The van der Waals surface area contributed by atoms with Crippen LogP contribution in [0.5, 0.6) is 0 Å². The smallest absolute Gasteiger partial charge is 0.119 e. The number of benzene rings is 2. The summed E-state index contributed by atoms with van der Waals surface area (Å²) in [5.41, 5.74) is 4.67. The van der Waals surface area contributed by atoms with Gasteiger partial charge in [0.15, 0.2) is 0 Å². The van der Waals surface area contributed by atoms with Crippen molar-refractivity contribution >= 4 is 0 Å². The first kappa shape index (κ1) is 49.5. The van der Waals surface area contributed by atoms with Gasteiger partial charge in [0, 0.05) is 17.5 Å². The van der Waals surface area contributed by atoms with Gasteiger partial charge in [0.25, 0.3) is 0 Å². The van der Waals surface area contributed by atoms with E-state index in [1.54, 1.807) is 11.1 Å². The molecule has 316 valence electrons. The van der Waals surface area contributed by atoms with Crippen LogP contribution in [-0.2, 0) is 12.0 Å². The Balaban J connectivity index is 1.73. The second kappa shape index (κ2) is 32.4. The topological polar surface area (TPSA) is 0 Å². The maximum absolute atomic E-state index is 2.53. The minimum Gasteiger partial charge on any atom is -0.314 e. The number of nitrogens with zero attached hydrogens (tertiary/aromatic N) is 1. The molecule has 0 bridgehead atoms. The van der Waals surface area contributed by atoms with E-state index in [0.717, 1.165) is 4.48 Å². The first-order valence-corrected chi connectivity index (χ1v) is 24.8. The number of aryl methyl sites for hydroxylation is 1. The van der Waals surface area contributed by atoms with Gasteiger partial charge in [-0.2, -0.15) is 0 Å². The maximum atomic E-state index is 2.53. The third-order valence-electron chi connectivity index (χ3n) is 13.7. The predicted molar refractivity (Wildman–Crippen MR) is 248 cm³/mol. The fourth-order valence-corrected chi connectivity index (χ4v) is 9.32. The van der Waals surface area contributed by atoms with Crippen LogP contribution in [0, 0.1) is 0 Å². The lowest BCUT2D eigenvalue weighted by Crippen LogP contribution is -2.56. The van der Waals surface area contributed by atoms with Gasteiger partial charge < -0.3 is 4.48 Å². The van der Waals surface area contributed by atoms with Gasteiger partial charge in [0.2, 0.25) is 0 Å². The van der Waals surface area contributed by atoms with Crippen molar-refractivity contribution in [2.45, 2.75) is 258 Å². The van der Waals surface area contributed by atoms with Gasteiger partial charge in [0.05, 0.1) is 14.1 Å². The molecule has 2 aromatic rings. The van der Waals surface area contributed by atoms with Crippen LogP contribution in [0.25, 0.3) is 0 Å². The molecule has 0 aliphatic heterocycles. The molecule has 1 nitrogen and oxygen atoms in total. The maximum Gasteiger partial charge on any atom is 0.119 e. The summed E-state index contributed by atoms with van der Waals surface area (Å²) in [7, 11) is 5.05. The Labute approximate surface area is 346 Å². The highest BCUT2D eigenvalue weighted by Gasteiger charge is 2.45. The van der Waals surface area contributed by atoms with Crippen molar-refractivity contribution < 1.29 is 4.48 Å². The molecule has 0 aliphatic carbocycles. The highest BCUT2D eigenvalue weighted by atomic mass is 15.4. The molecule has 1 unspecified atom stereocenters. The molecular formula is C54H96N+. The van der Waals surface area contributed by atoms with Crippen molar-refractivity contribution in [3.63, 3.8) is 0 Å². The molecule has 0 aliphatic rings. The SMILES string of the molecule is CCCCCCCCCCCCCCCCCCc1ccccc1C(C)(C)[N+](C)(C)C(CCCCCCCCCCCCCCCCCC)c1ccccc1. The highest BCUT2D eigenvalue weighted by Crippen LogP contribution is 2.44. The molecule has 0 saturated heterocycles. The molecule has 0 radical (unpaired) electrons. The second-order valence-electron chi connectivity index (χ2n) is 18.8. The zero-order chi connectivity index (χ0) is 39.7. The van der Waals surface area contributed by atoms with Gasteiger partial charge in [-0.15, -0.1) is 0 Å². The number of unbranched alkanes of at least 4 members (excludes halogenated alkanes) is 30. The van der Waals surface area contributed by atoms with Crippen LogP contribution in [0.4, 0.5) is 0 Å². The zero-order valence-corrected chi connectivity index (χ0v) is 38.3. The van der Waals surface area contributed by atoms with Crippen molar-refractivity contribution in [1.29, 1.82) is 0 Å². The van der Waals surface area contributed by atoms with Crippen molar-refractivity contribution in [2.75, 3.05) is 14.1 Å². The molecule has 1 heteroatoms. The normalized spacial score (nSPS) is 12.8.